The lowest BCUT2D eigenvalue weighted by Gasteiger charge is -2.16. The number of halogens is 6. The summed E-state index contributed by atoms with van der Waals surface area (Å²) < 4.78 is 88.3. The molecule has 7 nitrogen and oxygen atoms in total. The number of esters is 1. The number of aryl methyl sites for hydroxylation is 1. The Morgan fingerprint density at radius 2 is 1.69 bits per heavy atom. The summed E-state index contributed by atoms with van der Waals surface area (Å²) in [6.45, 7) is 2.77. The maximum absolute atomic E-state index is 14.0. The van der Waals surface area contributed by atoms with Gasteiger partial charge in [0.2, 0.25) is 0 Å². The van der Waals surface area contributed by atoms with Gasteiger partial charge in [0.05, 0.1) is 30.0 Å². The number of aromatic nitrogens is 3. The molecule has 0 aliphatic carbocycles. The molecule has 4 rings (SSSR count). The first-order valence-electron chi connectivity index (χ1n) is 11.5. The number of fused-ring (bicyclic) bond motifs is 1. The second-order valence-electron chi connectivity index (χ2n) is 8.86. The molecule has 39 heavy (non-hydrogen) atoms. The number of imidazole rings is 1. The minimum atomic E-state index is -4.99. The van der Waals surface area contributed by atoms with Crippen molar-refractivity contribution in [3.05, 3.63) is 93.9 Å². The smallest absolute Gasteiger partial charge is 0.436 e. The molecule has 0 saturated carbocycles. The lowest BCUT2D eigenvalue weighted by molar-refractivity contribution is -0.141. The predicted octanol–water partition coefficient (Wildman–Crippen LogP) is 5.81. The molecule has 0 aliphatic rings. The van der Waals surface area contributed by atoms with Gasteiger partial charge in [0.25, 0.3) is 5.91 Å². The number of benzene rings is 2. The van der Waals surface area contributed by atoms with Gasteiger partial charge in [-0.2, -0.15) is 31.4 Å². The molecule has 13 heteroatoms. The van der Waals surface area contributed by atoms with E-state index in [4.69, 9.17) is 0 Å². The molecule has 2 heterocycles. The van der Waals surface area contributed by atoms with E-state index in [2.05, 4.69) is 15.2 Å². The summed E-state index contributed by atoms with van der Waals surface area (Å²) in [6.07, 6.45) is -8.18. The van der Waals surface area contributed by atoms with Crippen molar-refractivity contribution in [2.75, 3.05) is 7.11 Å². The molecule has 2 aromatic carbocycles. The summed E-state index contributed by atoms with van der Waals surface area (Å²) >= 11 is 0. The van der Waals surface area contributed by atoms with E-state index in [1.165, 1.54) is 61.2 Å². The zero-order valence-electron chi connectivity index (χ0n) is 20.8. The first kappa shape index (κ1) is 27.7. The van der Waals surface area contributed by atoms with Crippen molar-refractivity contribution in [2.24, 2.45) is 0 Å². The second-order valence-corrected chi connectivity index (χ2v) is 8.86. The normalized spacial score (nSPS) is 12.9. The van der Waals surface area contributed by atoms with Crippen LogP contribution in [0.25, 0.3) is 5.65 Å². The van der Waals surface area contributed by atoms with E-state index in [-0.39, 0.29) is 29.0 Å². The van der Waals surface area contributed by atoms with Gasteiger partial charge in [0, 0.05) is 12.7 Å². The van der Waals surface area contributed by atoms with Gasteiger partial charge in [-0.15, -0.1) is 0 Å². The highest BCUT2D eigenvalue weighted by atomic mass is 19.4. The second kappa shape index (κ2) is 10.1. The number of rotatable bonds is 6. The maximum atomic E-state index is 14.0. The van der Waals surface area contributed by atoms with Gasteiger partial charge in [0.1, 0.15) is 11.2 Å². The van der Waals surface area contributed by atoms with E-state index in [0.717, 1.165) is 16.6 Å². The Morgan fingerprint density at radius 1 is 1.03 bits per heavy atom. The lowest BCUT2D eigenvalue weighted by Crippen LogP contribution is -2.29. The topological polar surface area (TPSA) is 77.6 Å². The number of carbonyl (C=O) groups is 2. The molecule has 0 spiro atoms. The van der Waals surface area contributed by atoms with Crippen molar-refractivity contribution < 1.29 is 40.7 Å². The standard InChI is InChI=1S/C26H22F6N4O3/c1-14-12-35(13-16-5-4-6-19(11-16)25(27,28)29)23-20(21(26(30,31)32)34-36(14)23)22(37)33-15(2)17-7-9-18(10-8-17)24(38)39-3/h4-12,15H,13H2,1-3H3,(H,33,37). The van der Waals surface area contributed by atoms with Gasteiger partial charge >= 0.3 is 18.3 Å². The average molecular weight is 552 g/mol. The minimum absolute atomic E-state index is 0.169. The predicted molar refractivity (Wildman–Crippen MR) is 127 cm³/mol. The monoisotopic (exact) mass is 552 g/mol. The molecule has 4 aromatic rings. The third-order valence-electron chi connectivity index (χ3n) is 6.09. The van der Waals surface area contributed by atoms with E-state index in [9.17, 15) is 35.9 Å². The highest BCUT2D eigenvalue weighted by molar-refractivity contribution is 6.01. The highest BCUT2D eigenvalue weighted by Crippen LogP contribution is 2.35. The summed E-state index contributed by atoms with van der Waals surface area (Å²) in [6, 6.07) is 9.57. The van der Waals surface area contributed by atoms with Crippen LogP contribution in [-0.4, -0.2) is 33.2 Å². The Morgan fingerprint density at radius 3 is 2.28 bits per heavy atom. The molecular formula is C26H22F6N4O3. The fourth-order valence-corrected chi connectivity index (χ4v) is 4.21. The molecule has 0 aliphatic heterocycles. The first-order valence-corrected chi connectivity index (χ1v) is 11.5. The summed E-state index contributed by atoms with van der Waals surface area (Å²) in [4.78, 5) is 24.9. The van der Waals surface area contributed by atoms with Gasteiger partial charge in [-0.05, 0) is 49.2 Å². The average Bonchev–Trinajstić information content (AvgIpc) is 3.41. The number of hydrogen-bond donors (Lipinski definition) is 1. The molecule has 206 valence electrons. The number of alkyl halides is 6. The minimum Gasteiger partial charge on any atom is -0.465 e. The van der Waals surface area contributed by atoms with Crippen LogP contribution < -0.4 is 5.32 Å². The number of amides is 1. The maximum Gasteiger partial charge on any atom is 0.436 e. The van der Waals surface area contributed by atoms with E-state index < -0.39 is 47.1 Å². The molecule has 1 amide bonds. The van der Waals surface area contributed by atoms with Crippen molar-refractivity contribution in [3.63, 3.8) is 0 Å². The van der Waals surface area contributed by atoms with Crippen molar-refractivity contribution in [2.45, 2.75) is 38.8 Å². The quantitative estimate of drug-likeness (QED) is 0.242. The fourth-order valence-electron chi connectivity index (χ4n) is 4.21. The molecule has 1 N–H and O–H groups in total. The van der Waals surface area contributed by atoms with Gasteiger partial charge < -0.3 is 14.6 Å². The SMILES string of the molecule is COC(=O)c1ccc(C(C)NC(=O)c2c(C(F)(F)F)nn3c(C)cn(Cc4cccc(C(F)(F)F)c4)c23)cc1. The molecule has 1 unspecified atom stereocenters. The molecule has 0 bridgehead atoms. The van der Waals surface area contributed by atoms with Crippen LogP contribution in [0.1, 0.15) is 61.8 Å². The number of ether oxygens (including phenoxy) is 1. The van der Waals surface area contributed by atoms with Crippen LogP contribution in [0.3, 0.4) is 0 Å². The van der Waals surface area contributed by atoms with Crippen LogP contribution in [0, 0.1) is 6.92 Å². The van der Waals surface area contributed by atoms with Crippen LogP contribution in [0.2, 0.25) is 0 Å². The molecular weight excluding hydrogens is 530 g/mol. The molecule has 1 atom stereocenters. The number of hydrogen-bond acceptors (Lipinski definition) is 4. The zero-order chi connectivity index (χ0) is 28.7. The first-order chi connectivity index (χ1) is 18.2. The Bertz CT molecular complexity index is 1530. The van der Waals surface area contributed by atoms with Crippen LogP contribution in [-0.2, 0) is 23.6 Å². The van der Waals surface area contributed by atoms with Crippen molar-refractivity contribution >= 4 is 17.5 Å². The largest absolute Gasteiger partial charge is 0.465 e. The van der Waals surface area contributed by atoms with Crippen molar-refractivity contribution in [1.29, 1.82) is 0 Å². The van der Waals surface area contributed by atoms with Crippen molar-refractivity contribution in [3.8, 4) is 0 Å². The molecule has 0 saturated heterocycles. The summed E-state index contributed by atoms with van der Waals surface area (Å²) in [5.41, 5.74) is -2.15. The summed E-state index contributed by atoms with van der Waals surface area (Å²) in [5.74, 6) is -1.66. The summed E-state index contributed by atoms with van der Waals surface area (Å²) in [7, 11) is 1.22. The van der Waals surface area contributed by atoms with E-state index in [0.29, 0.717) is 5.56 Å². The zero-order valence-corrected chi connectivity index (χ0v) is 20.8. The third-order valence-corrected chi connectivity index (χ3v) is 6.09. The van der Waals surface area contributed by atoms with E-state index in [1.54, 1.807) is 6.92 Å². The van der Waals surface area contributed by atoms with Gasteiger partial charge in [-0.3, -0.25) is 4.79 Å². The Balaban J connectivity index is 1.73. The van der Waals surface area contributed by atoms with Gasteiger partial charge in [0.15, 0.2) is 5.69 Å². The highest BCUT2D eigenvalue weighted by Gasteiger charge is 2.42. The third kappa shape index (κ3) is 5.61. The molecule has 0 radical (unpaired) electrons. The van der Waals surface area contributed by atoms with Crippen LogP contribution in [0.15, 0.2) is 54.7 Å². The van der Waals surface area contributed by atoms with Crippen LogP contribution in [0.4, 0.5) is 26.3 Å². The van der Waals surface area contributed by atoms with Gasteiger partial charge in [-0.1, -0.05) is 24.3 Å². The number of nitrogens with one attached hydrogen (secondary N) is 1. The van der Waals surface area contributed by atoms with Crippen LogP contribution in [0.5, 0.6) is 0 Å². The Kier molecular flexibility index (Phi) is 7.19. The Hall–Kier alpha value is -4.29. The van der Waals surface area contributed by atoms with Gasteiger partial charge in [-0.25, -0.2) is 9.31 Å². The number of carbonyl (C=O) groups excluding carboxylic acids is 2. The van der Waals surface area contributed by atoms with Crippen molar-refractivity contribution in [1.82, 2.24) is 19.5 Å². The summed E-state index contributed by atoms with van der Waals surface area (Å²) in [5, 5.41) is 6.15. The van der Waals surface area contributed by atoms with E-state index in [1.807, 2.05) is 0 Å². The number of methoxy groups -OCH3 is 1. The van der Waals surface area contributed by atoms with Crippen LogP contribution >= 0.6 is 0 Å². The fraction of sp³-hybridized carbons (Fsp3) is 0.269. The molecule has 2 aromatic heterocycles. The Labute approximate surface area is 218 Å². The lowest BCUT2D eigenvalue weighted by atomic mass is 10.1. The van der Waals surface area contributed by atoms with E-state index >= 15 is 0 Å². The molecule has 0 fully saturated rings. The number of nitrogens with zero attached hydrogens (tertiary/aromatic N) is 3.